The maximum Gasteiger partial charge on any atom is 0.255 e. The van der Waals surface area contributed by atoms with Gasteiger partial charge in [0.25, 0.3) is 5.91 Å². The fraction of sp³-hybridized carbons (Fsp3) is 0.500. The lowest BCUT2D eigenvalue weighted by Gasteiger charge is -2.46. The Hall–Kier alpha value is -2.43. The van der Waals surface area contributed by atoms with Gasteiger partial charge >= 0.3 is 0 Å². The highest BCUT2D eigenvalue weighted by Crippen LogP contribution is 2.40. The van der Waals surface area contributed by atoms with E-state index in [-0.39, 0.29) is 17.9 Å². The van der Waals surface area contributed by atoms with E-state index in [4.69, 9.17) is 0 Å². The highest BCUT2D eigenvalue weighted by Gasteiger charge is 2.53. The third kappa shape index (κ3) is 2.80. The van der Waals surface area contributed by atoms with Gasteiger partial charge in [0.15, 0.2) is 0 Å². The standard InChI is InChI=1S/C22H27N3O2/c1-15(2)24-12-6-10-22(21(24)27)11-7-13-25(22)20(26)18-14-16(3)23-19-9-5-4-8-17(18)19/h4-5,8-9,14-15H,6-7,10-13H2,1-3H3. The zero-order valence-electron chi connectivity index (χ0n) is 16.4. The first-order chi connectivity index (χ1) is 12.9. The first-order valence-corrected chi connectivity index (χ1v) is 9.93. The summed E-state index contributed by atoms with van der Waals surface area (Å²) in [6, 6.07) is 9.78. The summed E-state index contributed by atoms with van der Waals surface area (Å²) < 4.78 is 0. The van der Waals surface area contributed by atoms with Crippen LogP contribution in [0.3, 0.4) is 0 Å². The van der Waals surface area contributed by atoms with Gasteiger partial charge in [-0.15, -0.1) is 0 Å². The molecule has 27 heavy (non-hydrogen) atoms. The summed E-state index contributed by atoms with van der Waals surface area (Å²) in [4.78, 5) is 35.4. The molecule has 1 unspecified atom stereocenters. The van der Waals surface area contributed by atoms with Crippen LogP contribution in [0, 0.1) is 6.92 Å². The molecule has 142 valence electrons. The Bertz CT molecular complexity index is 908. The van der Waals surface area contributed by atoms with Gasteiger partial charge in [-0.05, 0) is 58.6 Å². The number of para-hydroxylation sites is 1. The van der Waals surface area contributed by atoms with E-state index in [1.165, 1.54) is 0 Å². The van der Waals surface area contributed by atoms with E-state index < -0.39 is 5.54 Å². The number of rotatable bonds is 2. The van der Waals surface area contributed by atoms with Crippen LogP contribution in [0.1, 0.15) is 55.6 Å². The van der Waals surface area contributed by atoms with E-state index in [2.05, 4.69) is 18.8 Å². The first kappa shape index (κ1) is 18.0. The predicted molar refractivity (Wildman–Crippen MR) is 106 cm³/mol. The number of fused-ring (bicyclic) bond motifs is 1. The van der Waals surface area contributed by atoms with Gasteiger partial charge in [-0.2, -0.15) is 0 Å². The molecule has 2 fully saturated rings. The van der Waals surface area contributed by atoms with Crippen LogP contribution >= 0.6 is 0 Å². The molecular weight excluding hydrogens is 338 g/mol. The van der Waals surface area contributed by atoms with Crippen molar-refractivity contribution in [3.05, 3.63) is 41.6 Å². The summed E-state index contributed by atoms with van der Waals surface area (Å²) >= 11 is 0. The van der Waals surface area contributed by atoms with Crippen molar-refractivity contribution in [1.29, 1.82) is 0 Å². The molecule has 1 aromatic carbocycles. The van der Waals surface area contributed by atoms with Crippen LogP contribution in [-0.2, 0) is 4.79 Å². The van der Waals surface area contributed by atoms with E-state index in [1.807, 2.05) is 47.1 Å². The molecule has 5 heteroatoms. The molecule has 1 aromatic heterocycles. The van der Waals surface area contributed by atoms with Gasteiger partial charge in [-0.3, -0.25) is 14.6 Å². The van der Waals surface area contributed by atoms with Crippen molar-refractivity contribution >= 4 is 22.7 Å². The zero-order chi connectivity index (χ0) is 19.2. The van der Waals surface area contributed by atoms with Crippen molar-refractivity contribution in [2.45, 2.75) is 58.0 Å². The van der Waals surface area contributed by atoms with Crippen LogP contribution in [0.5, 0.6) is 0 Å². The number of carbonyl (C=O) groups is 2. The molecule has 2 saturated heterocycles. The average molecular weight is 365 g/mol. The van der Waals surface area contributed by atoms with Gasteiger partial charge in [-0.1, -0.05) is 18.2 Å². The minimum absolute atomic E-state index is 0.0341. The molecule has 5 nitrogen and oxygen atoms in total. The predicted octanol–water partition coefficient (Wildman–Crippen LogP) is 3.55. The van der Waals surface area contributed by atoms with Crippen molar-refractivity contribution < 1.29 is 9.59 Å². The number of amides is 2. The Kier molecular flexibility index (Phi) is 4.41. The minimum atomic E-state index is -0.669. The lowest BCUT2D eigenvalue weighted by atomic mass is 9.84. The van der Waals surface area contributed by atoms with Gasteiger partial charge in [0, 0.05) is 30.2 Å². The van der Waals surface area contributed by atoms with Crippen molar-refractivity contribution in [3.63, 3.8) is 0 Å². The van der Waals surface area contributed by atoms with Crippen LogP contribution in [0.15, 0.2) is 30.3 Å². The van der Waals surface area contributed by atoms with E-state index in [1.54, 1.807) is 0 Å². The molecule has 0 aliphatic carbocycles. The van der Waals surface area contributed by atoms with Crippen LogP contribution in [-0.4, -0.2) is 51.3 Å². The normalized spacial score (nSPS) is 23.0. The third-order valence-electron chi connectivity index (χ3n) is 6.08. The van der Waals surface area contributed by atoms with Crippen molar-refractivity contribution in [2.75, 3.05) is 13.1 Å². The van der Waals surface area contributed by atoms with E-state index in [0.29, 0.717) is 12.1 Å². The second-order valence-corrected chi connectivity index (χ2v) is 8.12. The van der Waals surface area contributed by atoms with Gasteiger partial charge < -0.3 is 9.80 Å². The van der Waals surface area contributed by atoms with Gasteiger partial charge in [0.05, 0.1) is 11.1 Å². The molecule has 2 amide bonds. The minimum Gasteiger partial charge on any atom is -0.338 e. The fourth-order valence-electron chi connectivity index (χ4n) is 4.80. The number of hydrogen-bond donors (Lipinski definition) is 0. The Balaban J connectivity index is 1.77. The molecule has 0 radical (unpaired) electrons. The monoisotopic (exact) mass is 365 g/mol. The number of likely N-dealkylation sites (tertiary alicyclic amines) is 2. The molecule has 1 spiro atoms. The molecule has 4 rings (SSSR count). The number of carbonyl (C=O) groups excluding carboxylic acids is 2. The summed E-state index contributed by atoms with van der Waals surface area (Å²) in [5.74, 6) is 0.0952. The van der Waals surface area contributed by atoms with E-state index in [0.717, 1.165) is 48.8 Å². The second kappa shape index (κ2) is 6.63. The smallest absolute Gasteiger partial charge is 0.255 e. The second-order valence-electron chi connectivity index (χ2n) is 8.12. The van der Waals surface area contributed by atoms with Crippen LogP contribution in [0.2, 0.25) is 0 Å². The van der Waals surface area contributed by atoms with Crippen LogP contribution in [0.25, 0.3) is 10.9 Å². The fourth-order valence-corrected chi connectivity index (χ4v) is 4.80. The molecule has 3 heterocycles. The summed E-state index contributed by atoms with van der Waals surface area (Å²) in [7, 11) is 0. The highest BCUT2D eigenvalue weighted by molar-refractivity contribution is 6.08. The van der Waals surface area contributed by atoms with Crippen molar-refractivity contribution in [2.24, 2.45) is 0 Å². The number of pyridine rings is 1. The SMILES string of the molecule is Cc1cc(C(=O)N2CCCC23CCCN(C(C)C)C3=O)c2ccccc2n1. The lowest BCUT2D eigenvalue weighted by Crippen LogP contribution is -2.62. The quantitative estimate of drug-likeness (QED) is 0.818. The molecule has 2 aliphatic heterocycles. The number of aromatic nitrogens is 1. The van der Waals surface area contributed by atoms with Gasteiger partial charge in [-0.25, -0.2) is 0 Å². The topological polar surface area (TPSA) is 53.5 Å². The molecule has 2 aromatic rings. The Morgan fingerprint density at radius 1 is 1.15 bits per heavy atom. The largest absolute Gasteiger partial charge is 0.338 e. The summed E-state index contributed by atoms with van der Waals surface area (Å²) in [5, 5.41) is 0.860. The highest BCUT2D eigenvalue weighted by atomic mass is 16.2. The Morgan fingerprint density at radius 2 is 1.85 bits per heavy atom. The Labute approximate surface area is 160 Å². The van der Waals surface area contributed by atoms with Crippen LogP contribution in [0.4, 0.5) is 0 Å². The Morgan fingerprint density at radius 3 is 2.59 bits per heavy atom. The first-order valence-electron chi connectivity index (χ1n) is 9.93. The van der Waals surface area contributed by atoms with Gasteiger partial charge in [0.1, 0.15) is 5.54 Å². The van der Waals surface area contributed by atoms with Gasteiger partial charge in [0.2, 0.25) is 5.91 Å². The molecular formula is C22H27N3O2. The van der Waals surface area contributed by atoms with E-state index >= 15 is 0 Å². The average Bonchev–Trinajstić information content (AvgIpc) is 3.07. The molecule has 1 atom stereocenters. The molecule has 2 aliphatic rings. The molecule has 0 saturated carbocycles. The number of nitrogens with zero attached hydrogens (tertiary/aromatic N) is 3. The summed E-state index contributed by atoms with van der Waals surface area (Å²) in [6.07, 6.45) is 3.36. The number of hydrogen-bond acceptors (Lipinski definition) is 3. The zero-order valence-corrected chi connectivity index (χ0v) is 16.4. The van der Waals surface area contributed by atoms with Crippen molar-refractivity contribution in [3.8, 4) is 0 Å². The van der Waals surface area contributed by atoms with E-state index in [9.17, 15) is 9.59 Å². The number of aryl methyl sites for hydroxylation is 1. The maximum atomic E-state index is 13.6. The molecule has 0 N–H and O–H groups in total. The number of benzene rings is 1. The maximum absolute atomic E-state index is 13.6. The van der Waals surface area contributed by atoms with Crippen LogP contribution < -0.4 is 0 Å². The lowest BCUT2D eigenvalue weighted by molar-refractivity contribution is -0.147. The summed E-state index contributed by atoms with van der Waals surface area (Å²) in [6.45, 7) is 7.45. The molecule has 0 bridgehead atoms. The summed E-state index contributed by atoms with van der Waals surface area (Å²) in [5.41, 5.74) is 1.64. The third-order valence-corrected chi connectivity index (χ3v) is 6.08. The van der Waals surface area contributed by atoms with Crippen molar-refractivity contribution in [1.82, 2.24) is 14.8 Å². The number of piperidine rings is 1.